The van der Waals surface area contributed by atoms with Gasteiger partial charge in [-0.1, -0.05) is 64.7 Å². The topological polar surface area (TPSA) is 48.2 Å². The molecule has 0 aliphatic rings. The summed E-state index contributed by atoms with van der Waals surface area (Å²) in [6.07, 6.45) is 0. The molecule has 0 atom stereocenters. The van der Waals surface area contributed by atoms with Crippen LogP contribution >= 0.6 is 11.6 Å². The minimum Gasteiger partial charge on any atom is -0.459 e. The molecule has 2 N–H and O–H groups in total. The van der Waals surface area contributed by atoms with Gasteiger partial charge in [0, 0.05) is 23.8 Å². The molecule has 4 rings (SSSR count). The van der Waals surface area contributed by atoms with Crippen molar-refractivity contribution in [1.82, 2.24) is 0 Å². The third kappa shape index (κ3) is 2.74. The van der Waals surface area contributed by atoms with Crippen LogP contribution in [0.25, 0.3) is 16.6 Å². The van der Waals surface area contributed by atoms with E-state index in [9.17, 15) is 10.2 Å². The normalized spacial score (nSPS) is 11.0. The second-order valence-electron chi connectivity index (χ2n) is 5.99. The lowest BCUT2D eigenvalue weighted by molar-refractivity contribution is -0.776. The molecule has 1 aromatic heterocycles. The van der Waals surface area contributed by atoms with Gasteiger partial charge >= 0.3 is 11.9 Å². The van der Waals surface area contributed by atoms with Crippen LogP contribution in [0.15, 0.2) is 78.9 Å². The van der Waals surface area contributed by atoms with E-state index in [0.717, 1.165) is 11.1 Å². The molecule has 0 saturated carbocycles. The van der Waals surface area contributed by atoms with Gasteiger partial charge in [-0.25, -0.2) is 0 Å². The Morgan fingerprint density at radius 1 is 0.769 bits per heavy atom. The fourth-order valence-corrected chi connectivity index (χ4v) is 3.30. The first-order valence-corrected chi connectivity index (χ1v) is 8.62. The Labute approximate surface area is 155 Å². The zero-order valence-electron chi connectivity index (χ0n) is 13.9. The predicted molar refractivity (Wildman–Crippen MR) is 99.6 cm³/mol. The number of rotatable bonds is 3. The van der Waals surface area contributed by atoms with E-state index in [1.807, 2.05) is 78.9 Å². The number of benzene rings is 3. The summed E-state index contributed by atoms with van der Waals surface area (Å²) in [5.41, 5.74) is 2.26. The highest BCUT2D eigenvalue weighted by Crippen LogP contribution is 2.24. The smallest absolute Gasteiger partial charge is 0.459 e. The summed E-state index contributed by atoms with van der Waals surface area (Å²) in [6, 6.07) is 24.1. The summed E-state index contributed by atoms with van der Waals surface area (Å²) in [7, 11) is 0. The standard InChI is InChI=1S/C21H15ClN2O2/c22-18-12-6-4-8-15(18)14-23-19-13-7-5-11-17(19)20(25)24(21(23)26)16-9-2-1-3-10-16/h1-13H,14H2/p+2. The van der Waals surface area contributed by atoms with E-state index >= 15 is 0 Å². The van der Waals surface area contributed by atoms with Gasteiger partial charge < -0.3 is 10.2 Å². The van der Waals surface area contributed by atoms with Gasteiger partial charge in [-0.05, 0) is 16.7 Å². The van der Waals surface area contributed by atoms with Crippen LogP contribution in [0.4, 0.5) is 0 Å². The molecule has 128 valence electrons. The van der Waals surface area contributed by atoms with Gasteiger partial charge in [0.2, 0.25) is 11.2 Å². The molecule has 0 saturated heterocycles. The molecule has 0 spiro atoms. The number of aromatic nitrogens is 2. The molecule has 0 aliphatic carbocycles. The summed E-state index contributed by atoms with van der Waals surface area (Å²) in [6.45, 7) is 0.374. The Kier molecular flexibility index (Phi) is 4.19. The molecule has 3 aromatic carbocycles. The van der Waals surface area contributed by atoms with Gasteiger partial charge in [0.05, 0.1) is 5.02 Å². The zero-order chi connectivity index (χ0) is 18.1. The number of aromatic hydroxyl groups is 2. The Morgan fingerprint density at radius 3 is 2.19 bits per heavy atom. The maximum Gasteiger partial charge on any atom is 0.638 e. The molecule has 1 heterocycles. The fraction of sp³-hybridized carbons (Fsp3) is 0.0476. The van der Waals surface area contributed by atoms with E-state index < -0.39 is 0 Å². The molecular weight excluding hydrogens is 348 g/mol. The average Bonchev–Trinajstić information content (AvgIpc) is 2.67. The van der Waals surface area contributed by atoms with Gasteiger partial charge in [-0.3, -0.25) is 0 Å². The van der Waals surface area contributed by atoms with E-state index in [1.54, 1.807) is 4.57 Å². The number of halogens is 1. The lowest BCUT2D eigenvalue weighted by atomic mass is 10.2. The largest absolute Gasteiger partial charge is 0.638 e. The van der Waals surface area contributed by atoms with Crippen LogP contribution in [0.5, 0.6) is 11.9 Å². The molecule has 5 heteroatoms. The van der Waals surface area contributed by atoms with Gasteiger partial charge in [0.25, 0.3) is 0 Å². The summed E-state index contributed by atoms with van der Waals surface area (Å²) in [5, 5.41) is 23.1. The van der Waals surface area contributed by atoms with E-state index in [-0.39, 0.29) is 11.9 Å². The Hall–Kier alpha value is -3.11. The summed E-state index contributed by atoms with van der Waals surface area (Å²) < 4.78 is 3.17. The number of fused-ring (bicyclic) bond motifs is 1. The maximum atomic E-state index is 11.0. The molecule has 4 aromatic rings. The SMILES string of the molecule is Oc1c2ccccc2[n+](Cc2ccccc2Cl)c(O)[n+]1-c1ccccc1. The van der Waals surface area contributed by atoms with Crippen LogP contribution in [-0.2, 0) is 6.54 Å². The van der Waals surface area contributed by atoms with Gasteiger partial charge in [-0.15, -0.1) is 0 Å². The van der Waals surface area contributed by atoms with Crippen molar-refractivity contribution in [1.29, 1.82) is 0 Å². The first-order chi connectivity index (χ1) is 12.7. The molecule has 0 amide bonds. The molecule has 0 radical (unpaired) electrons. The van der Waals surface area contributed by atoms with Crippen molar-refractivity contribution in [3.05, 3.63) is 89.4 Å². The fourth-order valence-electron chi connectivity index (χ4n) is 3.11. The lowest BCUT2D eigenvalue weighted by Gasteiger charge is -2.06. The van der Waals surface area contributed by atoms with Crippen molar-refractivity contribution in [2.24, 2.45) is 0 Å². The second-order valence-corrected chi connectivity index (χ2v) is 6.40. The summed E-state index contributed by atoms with van der Waals surface area (Å²) in [5.74, 6) is -0.0142. The van der Waals surface area contributed by atoms with Crippen molar-refractivity contribution in [3.63, 3.8) is 0 Å². The van der Waals surface area contributed by atoms with Crippen LogP contribution in [0, 0.1) is 0 Å². The van der Waals surface area contributed by atoms with Gasteiger partial charge in [-0.2, -0.15) is 0 Å². The highest BCUT2D eigenvalue weighted by molar-refractivity contribution is 6.31. The quantitative estimate of drug-likeness (QED) is 0.546. The van der Waals surface area contributed by atoms with E-state index in [4.69, 9.17) is 11.6 Å². The summed E-state index contributed by atoms with van der Waals surface area (Å²) >= 11 is 6.31. The van der Waals surface area contributed by atoms with Crippen molar-refractivity contribution >= 4 is 22.5 Å². The summed E-state index contributed by atoms with van der Waals surface area (Å²) in [4.78, 5) is 0. The van der Waals surface area contributed by atoms with E-state index in [1.165, 1.54) is 4.57 Å². The highest BCUT2D eigenvalue weighted by atomic mass is 35.5. The average molecular weight is 365 g/mol. The minimum absolute atomic E-state index is 0.0142. The number of hydrogen-bond donors (Lipinski definition) is 2. The Bertz CT molecular complexity index is 1100. The van der Waals surface area contributed by atoms with Crippen molar-refractivity contribution in [3.8, 4) is 17.6 Å². The molecule has 0 fully saturated rings. The minimum atomic E-state index is -0.0766. The number of nitrogens with zero attached hydrogens (tertiary/aromatic N) is 2. The van der Waals surface area contributed by atoms with Crippen LogP contribution in [0.2, 0.25) is 5.02 Å². The van der Waals surface area contributed by atoms with Crippen LogP contribution in [0.1, 0.15) is 5.56 Å². The first kappa shape index (κ1) is 16.4. The Morgan fingerprint density at radius 2 is 1.42 bits per heavy atom. The van der Waals surface area contributed by atoms with Gasteiger partial charge in [0.15, 0.2) is 11.9 Å². The monoisotopic (exact) mass is 364 g/mol. The third-order valence-corrected chi connectivity index (χ3v) is 4.76. The first-order valence-electron chi connectivity index (χ1n) is 8.24. The van der Waals surface area contributed by atoms with Crippen molar-refractivity contribution in [2.75, 3.05) is 0 Å². The lowest BCUT2D eigenvalue weighted by Crippen LogP contribution is -2.47. The van der Waals surface area contributed by atoms with E-state index in [0.29, 0.717) is 22.6 Å². The Balaban J connectivity index is 2.01. The maximum absolute atomic E-state index is 11.0. The predicted octanol–water partition coefficient (Wildman–Crippen LogP) is 3.52. The molecule has 0 bridgehead atoms. The molecule has 4 nitrogen and oxygen atoms in total. The zero-order valence-corrected chi connectivity index (χ0v) is 14.6. The molecule has 0 unspecified atom stereocenters. The molecule has 26 heavy (non-hydrogen) atoms. The van der Waals surface area contributed by atoms with Crippen LogP contribution in [-0.4, -0.2) is 10.2 Å². The van der Waals surface area contributed by atoms with Crippen molar-refractivity contribution < 1.29 is 19.3 Å². The molecule has 0 aliphatic heterocycles. The van der Waals surface area contributed by atoms with E-state index in [2.05, 4.69) is 0 Å². The highest BCUT2D eigenvalue weighted by Gasteiger charge is 2.35. The van der Waals surface area contributed by atoms with Crippen LogP contribution in [0.3, 0.4) is 0 Å². The van der Waals surface area contributed by atoms with Gasteiger partial charge in [0.1, 0.15) is 0 Å². The second kappa shape index (κ2) is 6.65. The van der Waals surface area contributed by atoms with Crippen LogP contribution < -0.4 is 9.13 Å². The third-order valence-electron chi connectivity index (χ3n) is 4.39. The van der Waals surface area contributed by atoms with Crippen molar-refractivity contribution in [2.45, 2.75) is 6.54 Å². The molecular formula is C21H17ClN2O2+2. The number of para-hydroxylation sites is 2. The number of hydrogen-bond acceptors (Lipinski definition) is 2.